The van der Waals surface area contributed by atoms with Gasteiger partial charge in [-0.3, -0.25) is 4.79 Å². The van der Waals surface area contributed by atoms with Crippen LogP contribution in [0.1, 0.15) is 16.7 Å². The number of rotatable bonds is 2. The van der Waals surface area contributed by atoms with Crippen molar-refractivity contribution in [1.82, 2.24) is 0 Å². The molecular weight excluding hydrogens is 210 g/mol. The minimum Gasteiger partial charge on any atom is -0.314 e. The Morgan fingerprint density at radius 1 is 1.27 bits per heavy atom. The quantitative estimate of drug-likeness (QED) is 0.709. The smallest absolute Gasteiger partial charge is 0.241 e. The maximum absolute atomic E-state index is 11.5. The summed E-state index contributed by atoms with van der Waals surface area (Å²) in [6.07, 6.45) is 0. The van der Waals surface area contributed by atoms with Crippen LogP contribution in [0.5, 0.6) is 0 Å². The molecule has 0 aliphatic carbocycles. The number of amides is 1. The second-order valence-corrected chi connectivity index (χ2v) is 4.10. The summed E-state index contributed by atoms with van der Waals surface area (Å²) >= 11 is 5.54. The Hall–Kier alpha value is -1.02. The van der Waals surface area contributed by atoms with Crippen molar-refractivity contribution in [3.8, 4) is 0 Å². The third-order valence-electron chi connectivity index (χ3n) is 2.46. The Balaban J connectivity index is 3.19. The maximum Gasteiger partial charge on any atom is 0.241 e. The number of alkyl halides is 1. The summed E-state index contributed by atoms with van der Waals surface area (Å²) in [5, 5.41) is 0. The van der Waals surface area contributed by atoms with Crippen LogP contribution in [0.4, 0.5) is 5.69 Å². The van der Waals surface area contributed by atoms with Crippen molar-refractivity contribution in [2.75, 3.05) is 17.8 Å². The summed E-state index contributed by atoms with van der Waals surface area (Å²) in [4.78, 5) is 13.1. The molecule has 15 heavy (non-hydrogen) atoms. The van der Waals surface area contributed by atoms with Crippen molar-refractivity contribution < 1.29 is 4.79 Å². The Labute approximate surface area is 95.8 Å². The molecule has 0 saturated heterocycles. The van der Waals surface area contributed by atoms with Crippen LogP contribution >= 0.6 is 11.6 Å². The van der Waals surface area contributed by atoms with Crippen LogP contribution in [0.15, 0.2) is 12.1 Å². The largest absolute Gasteiger partial charge is 0.314 e. The summed E-state index contributed by atoms with van der Waals surface area (Å²) in [7, 11) is 1.76. The van der Waals surface area contributed by atoms with Gasteiger partial charge in [0.25, 0.3) is 0 Å². The Kier molecular flexibility index (Phi) is 3.75. The molecule has 0 radical (unpaired) electrons. The number of nitrogens with zero attached hydrogens (tertiary/aromatic N) is 1. The number of carbonyl (C=O) groups is 1. The van der Waals surface area contributed by atoms with Crippen molar-refractivity contribution in [3.63, 3.8) is 0 Å². The van der Waals surface area contributed by atoms with E-state index in [2.05, 4.69) is 12.1 Å². The Bertz CT molecular complexity index is 364. The fourth-order valence-electron chi connectivity index (χ4n) is 1.92. The molecule has 82 valence electrons. The molecule has 0 atom stereocenters. The standard InChI is InChI=1S/C12H16ClNO/c1-8-5-9(2)12(10(3)6-8)14(4)11(15)7-13/h5-6H,7H2,1-4H3. The van der Waals surface area contributed by atoms with Crippen LogP contribution in [0.2, 0.25) is 0 Å². The second kappa shape index (κ2) is 4.67. The van der Waals surface area contributed by atoms with Crippen molar-refractivity contribution in [2.24, 2.45) is 0 Å². The molecule has 1 aromatic rings. The first-order valence-corrected chi connectivity index (χ1v) is 5.41. The van der Waals surface area contributed by atoms with Crippen molar-refractivity contribution in [3.05, 3.63) is 28.8 Å². The number of halogens is 1. The van der Waals surface area contributed by atoms with E-state index in [9.17, 15) is 4.79 Å². The van der Waals surface area contributed by atoms with E-state index in [4.69, 9.17) is 11.6 Å². The van der Waals surface area contributed by atoms with Gasteiger partial charge in [0.1, 0.15) is 5.88 Å². The van der Waals surface area contributed by atoms with Crippen molar-refractivity contribution >= 4 is 23.2 Å². The van der Waals surface area contributed by atoms with E-state index in [1.165, 1.54) is 5.56 Å². The molecule has 0 aliphatic heterocycles. The van der Waals surface area contributed by atoms with Crippen molar-refractivity contribution in [2.45, 2.75) is 20.8 Å². The summed E-state index contributed by atoms with van der Waals surface area (Å²) in [5.74, 6) is -0.0600. The highest BCUT2D eigenvalue weighted by Gasteiger charge is 2.14. The molecule has 0 spiro atoms. The van der Waals surface area contributed by atoms with Crippen LogP contribution in [0, 0.1) is 20.8 Å². The SMILES string of the molecule is Cc1cc(C)c(N(C)C(=O)CCl)c(C)c1. The minimum atomic E-state index is -0.0771. The number of aryl methyl sites for hydroxylation is 3. The lowest BCUT2D eigenvalue weighted by molar-refractivity contribution is -0.116. The molecule has 1 aromatic carbocycles. The van der Waals surface area contributed by atoms with E-state index in [0.29, 0.717) is 0 Å². The van der Waals surface area contributed by atoms with Gasteiger partial charge in [-0.25, -0.2) is 0 Å². The highest BCUT2D eigenvalue weighted by molar-refractivity contribution is 6.29. The van der Waals surface area contributed by atoms with Gasteiger partial charge in [0, 0.05) is 12.7 Å². The molecule has 0 N–H and O–H groups in total. The average Bonchev–Trinajstić information content (AvgIpc) is 2.14. The predicted octanol–water partition coefficient (Wildman–Crippen LogP) is 2.81. The molecule has 2 nitrogen and oxygen atoms in total. The topological polar surface area (TPSA) is 20.3 Å². The van der Waals surface area contributed by atoms with Gasteiger partial charge in [0.05, 0.1) is 0 Å². The first kappa shape index (κ1) is 12.1. The number of benzene rings is 1. The average molecular weight is 226 g/mol. The molecule has 1 amide bonds. The third-order valence-corrected chi connectivity index (χ3v) is 2.69. The first-order valence-electron chi connectivity index (χ1n) is 4.87. The molecule has 0 bridgehead atoms. The summed E-state index contributed by atoms with van der Waals surface area (Å²) in [6.45, 7) is 6.06. The monoisotopic (exact) mass is 225 g/mol. The molecule has 0 heterocycles. The molecule has 0 saturated carbocycles. The molecule has 0 fully saturated rings. The van der Waals surface area contributed by atoms with Crippen LogP contribution in [-0.2, 0) is 4.79 Å². The molecule has 0 unspecified atom stereocenters. The van der Waals surface area contributed by atoms with E-state index in [-0.39, 0.29) is 11.8 Å². The van der Waals surface area contributed by atoms with E-state index in [1.54, 1.807) is 11.9 Å². The van der Waals surface area contributed by atoms with Crippen LogP contribution in [-0.4, -0.2) is 18.8 Å². The third kappa shape index (κ3) is 2.51. The highest BCUT2D eigenvalue weighted by atomic mass is 35.5. The van der Waals surface area contributed by atoms with Gasteiger partial charge < -0.3 is 4.90 Å². The van der Waals surface area contributed by atoms with E-state index in [1.807, 2.05) is 20.8 Å². The molecule has 0 aliphatic rings. The lowest BCUT2D eigenvalue weighted by atomic mass is 10.0. The van der Waals surface area contributed by atoms with Crippen LogP contribution < -0.4 is 4.90 Å². The predicted molar refractivity (Wildman–Crippen MR) is 64.8 cm³/mol. The minimum absolute atomic E-state index is 0.0171. The highest BCUT2D eigenvalue weighted by Crippen LogP contribution is 2.25. The van der Waals surface area contributed by atoms with Gasteiger partial charge in [-0.05, 0) is 31.9 Å². The summed E-state index contributed by atoms with van der Waals surface area (Å²) in [5.41, 5.74) is 4.38. The fraction of sp³-hybridized carbons (Fsp3) is 0.417. The summed E-state index contributed by atoms with van der Waals surface area (Å²) < 4.78 is 0. The van der Waals surface area contributed by atoms with Gasteiger partial charge in [-0.15, -0.1) is 11.6 Å². The maximum atomic E-state index is 11.5. The van der Waals surface area contributed by atoms with Gasteiger partial charge in [0.15, 0.2) is 0 Å². The second-order valence-electron chi connectivity index (χ2n) is 3.83. The number of hydrogen-bond donors (Lipinski definition) is 0. The normalized spacial score (nSPS) is 10.2. The zero-order chi connectivity index (χ0) is 11.6. The Morgan fingerprint density at radius 3 is 2.13 bits per heavy atom. The van der Waals surface area contributed by atoms with Gasteiger partial charge in [-0.2, -0.15) is 0 Å². The number of anilines is 1. The van der Waals surface area contributed by atoms with Crippen LogP contribution in [0.25, 0.3) is 0 Å². The van der Waals surface area contributed by atoms with Gasteiger partial charge in [-0.1, -0.05) is 17.7 Å². The zero-order valence-electron chi connectivity index (χ0n) is 9.60. The van der Waals surface area contributed by atoms with E-state index < -0.39 is 0 Å². The fourth-order valence-corrected chi connectivity index (χ4v) is 2.10. The number of hydrogen-bond acceptors (Lipinski definition) is 1. The molecular formula is C12H16ClNO. The van der Waals surface area contributed by atoms with E-state index in [0.717, 1.165) is 16.8 Å². The molecule has 3 heteroatoms. The van der Waals surface area contributed by atoms with Gasteiger partial charge >= 0.3 is 0 Å². The van der Waals surface area contributed by atoms with Crippen molar-refractivity contribution in [1.29, 1.82) is 0 Å². The molecule has 1 rings (SSSR count). The molecule has 0 aromatic heterocycles. The Morgan fingerprint density at radius 2 is 1.73 bits per heavy atom. The zero-order valence-corrected chi connectivity index (χ0v) is 10.4. The van der Waals surface area contributed by atoms with Gasteiger partial charge in [0.2, 0.25) is 5.91 Å². The van der Waals surface area contributed by atoms with Crippen LogP contribution in [0.3, 0.4) is 0 Å². The lowest BCUT2D eigenvalue weighted by Crippen LogP contribution is -2.28. The lowest BCUT2D eigenvalue weighted by Gasteiger charge is -2.21. The summed E-state index contributed by atoms with van der Waals surface area (Å²) in [6, 6.07) is 4.14. The van der Waals surface area contributed by atoms with E-state index >= 15 is 0 Å². The number of carbonyl (C=O) groups excluding carboxylic acids is 1. The first-order chi connectivity index (χ1) is 6.97.